The standard InChI is InChI=1S/C18H22N2O/c1-21-17-9-7-16(8-10-17)18(15-5-3-2-4-6-15)20-13-11-19-12-14-20/h2-10,18-19H,11-14H2,1H3/p+2/t18-/m1/s1. The minimum atomic E-state index is 0.422. The third-order valence-corrected chi connectivity index (χ3v) is 4.33. The van der Waals surface area contributed by atoms with Gasteiger partial charge in [-0.3, -0.25) is 0 Å². The molecule has 110 valence electrons. The molecule has 21 heavy (non-hydrogen) atoms. The molecule has 2 aromatic carbocycles. The zero-order valence-corrected chi connectivity index (χ0v) is 12.6. The van der Waals surface area contributed by atoms with Gasteiger partial charge < -0.3 is 15.0 Å². The molecule has 0 aliphatic carbocycles. The van der Waals surface area contributed by atoms with Crippen molar-refractivity contribution in [3.8, 4) is 5.75 Å². The molecule has 0 spiro atoms. The maximum Gasteiger partial charge on any atom is 0.139 e. The van der Waals surface area contributed by atoms with Crippen LogP contribution in [0.3, 0.4) is 0 Å². The summed E-state index contributed by atoms with van der Waals surface area (Å²) in [6.07, 6.45) is 0. The van der Waals surface area contributed by atoms with Crippen LogP contribution >= 0.6 is 0 Å². The number of hydrogen-bond donors (Lipinski definition) is 2. The minimum absolute atomic E-state index is 0.422. The van der Waals surface area contributed by atoms with E-state index in [0.29, 0.717) is 6.04 Å². The van der Waals surface area contributed by atoms with Crippen LogP contribution in [-0.2, 0) is 0 Å². The van der Waals surface area contributed by atoms with Crippen LogP contribution in [0.25, 0.3) is 0 Å². The quantitative estimate of drug-likeness (QED) is 0.828. The van der Waals surface area contributed by atoms with Gasteiger partial charge >= 0.3 is 0 Å². The van der Waals surface area contributed by atoms with Gasteiger partial charge in [0.2, 0.25) is 0 Å². The van der Waals surface area contributed by atoms with Crippen LogP contribution < -0.4 is 15.0 Å². The number of methoxy groups -OCH3 is 1. The highest BCUT2D eigenvalue weighted by Crippen LogP contribution is 2.21. The molecule has 3 rings (SSSR count). The highest BCUT2D eigenvalue weighted by Gasteiger charge is 2.28. The lowest BCUT2D eigenvalue weighted by molar-refractivity contribution is -0.967. The molecule has 0 saturated carbocycles. The van der Waals surface area contributed by atoms with E-state index in [1.54, 1.807) is 12.0 Å². The van der Waals surface area contributed by atoms with Crippen molar-refractivity contribution in [1.82, 2.24) is 0 Å². The molecule has 0 amide bonds. The summed E-state index contributed by atoms with van der Waals surface area (Å²) in [6.45, 7) is 4.86. The predicted molar refractivity (Wildman–Crippen MR) is 83.6 cm³/mol. The van der Waals surface area contributed by atoms with E-state index >= 15 is 0 Å². The summed E-state index contributed by atoms with van der Waals surface area (Å²) in [5, 5.41) is 2.42. The Labute approximate surface area is 126 Å². The van der Waals surface area contributed by atoms with Crippen LogP contribution in [0, 0.1) is 0 Å². The van der Waals surface area contributed by atoms with Crippen LogP contribution in [0.4, 0.5) is 0 Å². The molecule has 1 aliphatic rings. The molecular formula is C18H24N2O+2. The van der Waals surface area contributed by atoms with Crippen molar-refractivity contribution in [2.45, 2.75) is 6.04 Å². The smallest absolute Gasteiger partial charge is 0.139 e. The molecule has 0 unspecified atom stereocenters. The van der Waals surface area contributed by atoms with Crippen LogP contribution in [0.2, 0.25) is 0 Å². The third kappa shape index (κ3) is 3.26. The Morgan fingerprint density at radius 2 is 1.52 bits per heavy atom. The van der Waals surface area contributed by atoms with Gasteiger partial charge in [0.05, 0.1) is 7.11 Å². The number of hydrogen-bond acceptors (Lipinski definition) is 1. The molecule has 0 radical (unpaired) electrons. The van der Waals surface area contributed by atoms with Crippen molar-refractivity contribution in [2.75, 3.05) is 33.3 Å². The van der Waals surface area contributed by atoms with E-state index in [-0.39, 0.29) is 0 Å². The fourth-order valence-electron chi connectivity index (χ4n) is 3.24. The van der Waals surface area contributed by atoms with Crippen LogP contribution in [-0.4, -0.2) is 33.3 Å². The van der Waals surface area contributed by atoms with Crippen LogP contribution in [0.15, 0.2) is 54.6 Å². The Kier molecular flexibility index (Phi) is 4.53. The molecular weight excluding hydrogens is 260 g/mol. The highest BCUT2D eigenvalue weighted by molar-refractivity contribution is 5.33. The Balaban J connectivity index is 1.94. The fourth-order valence-corrected chi connectivity index (χ4v) is 3.24. The second-order valence-corrected chi connectivity index (χ2v) is 5.64. The summed E-state index contributed by atoms with van der Waals surface area (Å²) in [6, 6.07) is 19.9. The van der Waals surface area contributed by atoms with Crippen LogP contribution in [0.5, 0.6) is 5.75 Å². The lowest BCUT2D eigenvalue weighted by atomic mass is 9.96. The lowest BCUT2D eigenvalue weighted by Crippen LogP contribution is -3.20. The first-order valence-corrected chi connectivity index (χ1v) is 7.73. The van der Waals surface area contributed by atoms with Gasteiger partial charge in [-0.05, 0) is 24.3 Å². The first-order chi connectivity index (χ1) is 10.4. The van der Waals surface area contributed by atoms with Crippen molar-refractivity contribution < 1.29 is 15.0 Å². The Morgan fingerprint density at radius 1 is 0.905 bits per heavy atom. The zero-order chi connectivity index (χ0) is 14.5. The zero-order valence-electron chi connectivity index (χ0n) is 12.6. The molecule has 3 nitrogen and oxygen atoms in total. The van der Waals surface area contributed by atoms with Gasteiger partial charge in [0.25, 0.3) is 0 Å². The molecule has 2 aromatic rings. The van der Waals surface area contributed by atoms with Gasteiger partial charge in [-0.25, -0.2) is 0 Å². The number of nitrogens with one attached hydrogen (secondary N) is 1. The summed E-state index contributed by atoms with van der Waals surface area (Å²) in [7, 11) is 1.72. The number of quaternary nitrogens is 2. The second kappa shape index (κ2) is 6.74. The Morgan fingerprint density at radius 3 is 2.14 bits per heavy atom. The average Bonchev–Trinajstić information content (AvgIpc) is 2.58. The minimum Gasteiger partial charge on any atom is -0.497 e. The summed E-state index contributed by atoms with van der Waals surface area (Å²) in [5.74, 6) is 0.924. The predicted octanol–water partition coefficient (Wildman–Crippen LogP) is 0.247. The second-order valence-electron chi connectivity index (χ2n) is 5.64. The molecule has 1 atom stereocenters. The van der Waals surface area contributed by atoms with E-state index in [1.165, 1.54) is 37.3 Å². The summed E-state index contributed by atoms with van der Waals surface area (Å²) >= 11 is 0. The molecule has 0 aromatic heterocycles. The van der Waals surface area contributed by atoms with E-state index < -0.39 is 0 Å². The van der Waals surface area contributed by atoms with Crippen molar-refractivity contribution in [3.05, 3.63) is 65.7 Å². The van der Waals surface area contributed by atoms with Gasteiger partial charge in [0.15, 0.2) is 0 Å². The number of ether oxygens (including phenoxy) is 1. The molecule has 3 heteroatoms. The first kappa shape index (κ1) is 14.1. The Bertz CT molecular complexity index is 547. The molecule has 1 saturated heterocycles. The highest BCUT2D eigenvalue weighted by atomic mass is 16.5. The van der Waals surface area contributed by atoms with Crippen LogP contribution in [0.1, 0.15) is 17.2 Å². The average molecular weight is 284 g/mol. The van der Waals surface area contributed by atoms with Gasteiger partial charge in [-0.15, -0.1) is 0 Å². The summed E-state index contributed by atoms with van der Waals surface area (Å²) in [4.78, 5) is 1.66. The van der Waals surface area contributed by atoms with Gasteiger partial charge in [-0.1, -0.05) is 30.3 Å². The largest absolute Gasteiger partial charge is 0.497 e. The SMILES string of the molecule is COc1ccc([C@@H](c2ccccc2)[NH+]2CC[NH2+]CC2)cc1. The van der Waals surface area contributed by atoms with E-state index in [4.69, 9.17) is 4.74 Å². The third-order valence-electron chi connectivity index (χ3n) is 4.33. The number of benzene rings is 2. The maximum atomic E-state index is 5.29. The number of piperazine rings is 1. The fraction of sp³-hybridized carbons (Fsp3) is 0.333. The lowest BCUT2D eigenvalue weighted by Gasteiger charge is -2.31. The van der Waals surface area contributed by atoms with Crippen molar-refractivity contribution in [2.24, 2.45) is 0 Å². The van der Waals surface area contributed by atoms with Gasteiger partial charge in [0.1, 0.15) is 38.0 Å². The van der Waals surface area contributed by atoms with E-state index in [0.717, 1.165) is 5.75 Å². The molecule has 1 heterocycles. The first-order valence-electron chi connectivity index (χ1n) is 7.73. The topological polar surface area (TPSA) is 30.3 Å². The van der Waals surface area contributed by atoms with Crippen molar-refractivity contribution in [3.63, 3.8) is 0 Å². The number of rotatable bonds is 4. The normalized spacial score (nSPS) is 17.4. The molecule has 0 bridgehead atoms. The van der Waals surface area contributed by atoms with E-state index in [2.05, 4.69) is 59.9 Å². The molecule has 1 aliphatic heterocycles. The van der Waals surface area contributed by atoms with E-state index in [1.807, 2.05) is 0 Å². The van der Waals surface area contributed by atoms with E-state index in [9.17, 15) is 0 Å². The monoisotopic (exact) mass is 284 g/mol. The van der Waals surface area contributed by atoms with Crippen molar-refractivity contribution in [1.29, 1.82) is 0 Å². The molecule has 1 fully saturated rings. The van der Waals surface area contributed by atoms with Gasteiger partial charge in [0, 0.05) is 11.1 Å². The summed E-state index contributed by atoms with van der Waals surface area (Å²) < 4.78 is 5.29. The summed E-state index contributed by atoms with van der Waals surface area (Å²) in [5.41, 5.74) is 2.78. The van der Waals surface area contributed by atoms with Crippen molar-refractivity contribution >= 4 is 0 Å². The maximum absolute atomic E-state index is 5.29. The molecule has 3 N–H and O–H groups in total. The Hall–Kier alpha value is -1.84. The van der Waals surface area contributed by atoms with Gasteiger partial charge in [-0.2, -0.15) is 0 Å². The number of nitrogens with two attached hydrogens (primary N) is 1.